The van der Waals surface area contributed by atoms with Gasteiger partial charge in [0.1, 0.15) is 0 Å². The lowest BCUT2D eigenvalue weighted by atomic mass is 10.1. The fourth-order valence-corrected chi connectivity index (χ4v) is 0.966. The highest BCUT2D eigenvalue weighted by Crippen LogP contribution is 2.06. The van der Waals surface area contributed by atoms with E-state index in [1.807, 2.05) is 12.1 Å². The average Bonchev–Trinajstić information content (AvgIpc) is 2.06. The molecular formula is C9H11NO. The van der Waals surface area contributed by atoms with E-state index in [-0.39, 0.29) is 6.61 Å². The van der Waals surface area contributed by atoms with E-state index in [0.29, 0.717) is 6.42 Å². The lowest BCUT2D eigenvalue weighted by Gasteiger charge is -2.00. The molecule has 0 fully saturated rings. The third-order valence-electron chi connectivity index (χ3n) is 1.50. The van der Waals surface area contributed by atoms with Gasteiger partial charge in [0.25, 0.3) is 0 Å². The molecule has 1 aromatic rings. The molecule has 1 heterocycles. The number of aromatic nitrogens is 1. The van der Waals surface area contributed by atoms with Crippen molar-refractivity contribution < 1.29 is 5.11 Å². The summed E-state index contributed by atoms with van der Waals surface area (Å²) in [7, 11) is 0. The van der Waals surface area contributed by atoms with E-state index in [9.17, 15) is 0 Å². The molecule has 0 aliphatic rings. The summed E-state index contributed by atoms with van der Waals surface area (Å²) in [5, 5.41) is 8.68. The molecule has 0 aliphatic heterocycles. The van der Waals surface area contributed by atoms with E-state index in [4.69, 9.17) is 5.11 Å². The van der Waals surface area contributed by atoms with E-state index in [1.165, 1.54) is 0 Å². The van der Waals surface area contributed by atoms with Gasteiger partial charge in [-0.15, -0.1) is 0 Å². The standard InChI is InChI=1S/C9H11NO/c1-2-9-8(5-7-11)4-3-6-10-9/h2-4,6,11H,1,5,7H2. The van der Waals surface area contributed by atoms with Gasteiger partial charge in [0.05, 0.1) is 5.69 Å². The summed E-state index contributed by atoms with van der Waals surface area (Å²) in [6, 6.07) is 3.80. The summed E-state index contributed by atoms with van der Waals surface area (Å²) in [5.74, 6) is 0. The van der Waals surface area contributed by atoms with E-state index >= 15 is 0 Å². The van der Waals surface area contributed by atoms with Gasteiger partial charge in [0.2, 0.25) is 0 Å². The molecule has 0 saturated carbocycles. The smallest absolute Gasteiger partial charge is 0.0656 e. The van der Waals surface area contributed by atoms with Crippen LogP contribution in [0.2, 0.25) is 0 Å². The van der Waals surface area contributed by atoms with Crippen molar-refractivity contribution >= 4 is 6.08 Å². The fraction of sp³-hybridized carbons (Fsp3) is 0.222. The average molecular weight is 149 g/mol. The molecular weight excluding hydrogens is 138 g/mol. The van der Waals surface area contributed by atoms with E-state index in [0.717, 1.165) is 11.3 Å². The molecule has 1 aromatic heterocycles. The van der Waals surface area contributed by atoms with Crippen molar-refractivity contribution in [2.45, 2.75) is 6.42 Å². The SMILES string of the molecule is C=Cc1ncccc1CCO. The van der Waals surface area contributed by atoms with Gasteiger partial charge in [-0.1, -0.05) is 12.6 Å². The van der Waals surface area contributed by atoms with Crippen molar-refractivity contribution in [3.63, 3.8) is 0 Å². The zero-order chi connectivity index (χ0) is 8.10. The molecule has 2 heteroatoms. The molecule has 0 unspecified atom stereocenters. The molecule has 0 atom stereocenters. The van der Waals surface area contributed by atoms with Crippen LogP contribution in [0.4, 0.5) is 0 Å². The molecule has 2 nitrogen and oxygen atoms in total. The molecule has 0 bridgehead atoms. The fourth-order valence-electron chi connectivity index (χ4n) is 0.966. The number of hydrogen-bond acceptors (Lipinski definition) is 2. The number of aliphatic hydroxyl groups excluding tert-OH is 1. The Morgan fingerprint density at radius 1 is 1.64 bits per heavy atom. The van der Waals surface area contributed by atoms with Crippen LogP contribution < -0.4 is 0 Å². The van der Waals surface area contributed by atoms with Crippen LogP contribution in [0.3, 0.4) is 0 Å². The number of aliphatic hydroxyl groups is 1. The summed E-state index contributed by atoms with van der Waals surface area (Å²) < 4.78 is 0. The first-order chi connectivity index (χ1) is 5.38. The molecule has 11 heavy (non-hydrogen) atoms. The van der Waals surface area contributed by atoms with Gasteiger partial charge >= 0.3 is 0 Å². The first kappa shape index (κ1) is 7.95. The molecule has 0 spiro atoms. The summed E-state index contributed by atoms with van der Waals surface area (Å²) in [6.07, 6.45) is 4.07. The Hall–Kier alpha value is -1.15. The second kappa shape index (κ2) is 3.88. The maximum Gasteiger partial charge on any atom is 0.0656 e. The van der Waals surface area contributed by atoms with E-state index < -0.39 is 0 Å². The molecule has 0 radical (unpaired) electrons. The maximum absolute atomic E-state index is 8.68. The zero-order valence-corrected chi connectivity index (χ0v) is 6.33. The largest absolute Gasteiger partial charge is 0.396 e. The molecule has 0 saturated heterocycles. The van der Waals surface area contributed by atoms with E-state index in [1.54, 1.807) is 12.3 Å². The van der Waals surface area contributed by atoms with Crippen molar-refractivity contribution in [1.82, 2.24) is 4.98 Å². The normalized spacial score (nSPS) is 9.55. The minimum Gasteiger partial charge on any atom is -0.396 e. The highest BCUT2D eigenvalue weighted by atomic mass is 16.2. The molecule has 0 amide bonds. The van der Waals surface area contributed by atoms with Gasteiger partial charge < -0.3 is 5.11 Å². The van der Waals surface area contributed by atoms with Crippen LogP contribution in [0.15, 0.2) is 24.9 Å². The molecule has 1 rings (SSSR count). The van der Waals surface area contributed by atoms with Crippen LogP contribution in [-0.4, -0.2) is 16.7 Å². The quantitative estimate of drug-likeness (QED) is 0.701. The number of nitrogens with zero attached hydrogens (tertiary/aromatic N) is 1. The van der Waals surface area contributed by atoms with Crippen LogP contribution in [0.1, 0.15) is 11.3 Å². The Balaban J connectivity index is 2.92. The summed E-state index contributed by atoms with van der Waals surface area (Å²) in [6.45, 7) is 3.79. The van der Waals surface area contributed by atoms with E-state index in [2.05, 4.69) is 11.6 Å². The minimum atomic E-state index is 0.159. The zero-order valence-electron chi connectivity index (χ0n) is 6.33. The first-order valence-corrected chi connectivity index (χ1v) is 3.55. The molecule has 1 N–H and O–H groups in total. The van der Waals surface area contributed by atoms with Gasteiger partial charge in [-0.25, -0.2) is 0 Å². The van der Waals surface area contributed by atoms with Crippen molar-refractivity contribution in [3.8, 4) is 0 Å². The van der Waals surface area contributed by atoms with Crippen LogP contribution >= 0.6 is 0 Å². The first-order valence-electron chi connectivity index (χ1n) is 3.55. The second-order valence-corrected chi connectivity index (χ2v) is 2.23. The van der Waals surface area contributed by atoms with Gasteiger partial charge in [0, 0.05) is 12.8 Å². The Bertz CT molecular complexity index is 245. The molecule has 58 valence electrons. The highest BCUT2D eigenvalue weighted by molar-refractivity contribution is 5.46. The minimum absolute atomic E-state index is 0.159. The van der Waals surface area contributed by atoms with Crippen LogP contribution in [-0.2, 0) is 6.42 Å². The van der Waals surface area contributed by atoms with Crippen molar-refractivity contribution in [2.24, 2.45) is 0 Å². The third-order valence-corrected chi connectivity index (χ3v) is 1.50. The van der Waals surface area contributed by atoms with Crippen LogP contribution in [0.25, 0.3) is 6.08 Å². The topological polar surface area (TPSA) is 33.1 Å². The van der Waals surface area contributed by atoms with Gasteiger partial charge in [-0.3, -0.25) is 4.98 Å². The second-order valence-electron chi connectivity index (χ2n) is 2.23. The molecule has 0 aliphatic carbocycles. The van der Waals surface area contributed by atoms with Gasteiger partial charge in [0.15, 0.2) is 0 Å². The third kappa shape index (κ3) is 1.88. The predicted octanol–water partition coefficient (Wildman–Crippen LogP) is 1.26. The lowest BCUT2D eigenvalue weighted by Crippen LogP contribution is -1.95. The van der Waals surface area contributed by atoms with Crippen molar-refractivity contribution in [3.05, 3.63) is 36.2 Å². The number of rotatable bonds is 3. The summed E-state index contributed by atoms with van der Waals surface area (Å²) in [5.41, 5.74) is 1.91. The Kier molecular flexibility index (Phi) is 2.81. The highest BCUT2D eigenvalue weighted by Gasteiger charge is 1.96. The number of hydrogen-bond donors (Lipinski definition) is 1. The Labute approximate surface area is 66.2 Å². The number of pyridine rings is 1. The van der Waals surface area contributed by atoms with Crippen LogP contribution in [0, 0.1) is 0 Å². The predicted molar refractivity (Wildman–Crippen MR) is 45.1 cm³/mol. The Morgan fingerprint density at radius 2 is 2.45 bits per heavy atom. The summed E-state index contributed by atoms with van der Waals surface area (Å²) >= 11 is 0. The lowest BCUT2D eigenvalue weighted by molar-refractivity contribution is 0.299. The van der Waals surface area contributed by atoms with Gasteiger partial charge in [-0.05, 0) is 24.1 Å². The molecule has 0 aromatic carbocycles. The Morgan fingerprint density at radius 3 is 3.09 bits per heavy atom. The maximum atomic E-state index is 8.68. The van der Waals surface area contributed by atoms with Gasteiger partial charge in [-0.2, -0.15) is 0 Å². The van der Waals surface area contributed by atoms with Crippen molar-refractivity contribution in [1.29, 1.82) is 0 Å². The summed E-state index contributed by atoms with van der Waals surface area (Å²) in [4.78, 5) is 4.09. The monoisotopic (exact) mass is 149 g/mol. The van der Waals surface area contributed by atoms with Crippen LogP contribution in [0.5, 0.6) is 0 Å². The van der Waals surface area contributed by atoms with Crippen molar-refractivity contribution in [2.75, 3.05) is 6.61 Å².